The molecule has 1 saturated heterocycles. The maximum Gasteiger partial charge on any atom is 0.0590 e. The Morgan fingerprint density at radius 1 is 0.957 bits per heavy atom. The molecular weight excluding hydrogens is 286 g/mol. The van der Waals surface area contributed by atoms with E-state index < -0.39 is 0 Å². The lowest BCUT2D eigenvalue weighted by atomic mass is 9.90. The molecule has 2 rings (SSSR count). The van der Waals surface area contributed by atoms with Gasteiger partial charge in [0.05, 0.1) is 13.2 Å². The Kier molecular flexibility index (Phi) is 8.07. The average Bonchev–Trinajstić information content (AvgIpc) is 3.02. The molecule has 1 aromatic carbocycles. The zero-order valence-corrected chi connectivity index (χ0v) is 14.5. The summed E-state index contributed by atoms with van der Waals surface area (Å²) in [6.07, 6.45) is 10.1. The summed E-state index contributed by atoms with van der Waals surface area (Å²) in [5.41, 5.74) is 2.69. The standard InChI is InChI=1S/C20H33NO2/c1-2-3-4-5-6-7-8-16-9-11-17(12-10-16)19-13-18(14-22)21-20(19)15-23/h9-12,18-23H,2-8,13-15H2,1H3/t18-,19-,20-/m1/s1. The molecule has 0 aliphatic carbocycles. The fourth-order valence-corrected chi connectivity index (χ4v) is 3.67. The van der Waals surface area contributed by atoms with Gasteiger partial charge in [-0.15, -0.1) is 0 Å². The van der Waals surface area contributed by atoms with Crippen LogP contribution < -0.4 is 5.32 Å². The topological polar surface area (TPSA) is 52.5 Å². The van der Waals surface area contributed by atoms with Crippen LogP contribution >= 0.6 is 0 Å². The van der Waals surface area contributed by atoms with Gasteiger partial charge >= 0.3 is 0 Å². The Morgan fingerprint density at radius 3 is 2.30 bits per heavy atom. The van der Waals surface area contributed by atoms with Gasteiger partial charge < -0.3 is 15.5 Å². The lowest BCUT2D eigenvalue weighted by Crippen LogP contribution is -2.35. The predicted molar refractivity (Wildman–Crippen MR) is 95.8 cm³/mol. The van der Waals surface area contributed by atoms with E-state index in [0.29, 0.717) is 5.92 Å². The summed E-state index contributed by atoms with van der Waals surface area (Å²) in [7, 11) is 0. The van der Waals surface area contributed by atoms with Crippen molar-refractivity contribution in [3.63, 3.8) is 0 Å². The molecule has 1 aromatic rings. The molecule has 130 valence electrons. The molecule has 0 saturated carbocycles. The minimum Gasteiger partial charge on any atom is -0.395 e. The minimum atomic E-state index is 0.0663. The van der Waals surface area contributed by atoms with Crippen LogP contribution in [0.25, 0.3) is 0 Å². The number of hydrogen-bond acceptors (Lipinski definition) is 3. The van der Waals surface area contributed by atoms with Gasteiger partial charge in [0.25, 0.3) is 0 Å². The molecule has 3 atom stereocenters. The number of hydrogen-bond donors (Lipinski definition) is 3. The number of nitrogens with one attached hydrogen (secondary N) is 1. The summed E-state index contributed by atoms with van der Waals surface area (Å²) < 4.78 is 0. The maximum atomic E-state index is 9.53. The van der Waals surface area contributed by atoms with Gasteiger partial charge in [-0.3, -0.25) is 0 Å². The highest BCUT2D eigenvalue weighted by Gasteiger charge is 2.33. The van der Waals surface area contributed by atoms with Crippen molar-refractivity contribution in [2.45, 2.75) is 76.3 Å². The number of rotatable bonds is 10. The molecule has 1 aliphatic rings. The lowest BCUT2D eigenvalue weighted by molar-refractivity contribution is 0.224. The summed E-state index contributed by atoms with van der Waals surface area (Å²) in [4.78, 5) is 0. The summed E-state index contributed by atoms with van der Waals surface area (Å²) in [5.74, 6) is 0.306. The van der Waals surface area contributed by atoms with Crippen LogP contribution in [0.4, 0.5) is 0 Å². The molecule has 3 nitrogen and oxygen atoms in total. The third-order valence-corrected chi connectivity index (χ3v) is 5.12. The van der Waals surface area contributed by atoms with Crippen molar-refractivity contribution in [3.05, 3.63) is 35.4 Å². The Morgan fingerprint density at radius 2 is 1.65 bits per heavy atom. The van der Waals surface area contributed by atoms with Crippen LogP contribution in [0.1, 0.15) is 68.9 Å². The summed E-state index contributed by atoms with van der Waals surface area (Å²) in [6, 6.07) is 9.07. The molecule has 23 heavy (non-hydrogen) atoms. The number of benzene rings is 1. The van der Waals surface area contributed by atoms with Gasteiger partial charge in [-0.05, 0) is 30.4 Å². The van der Waals surface area contributed by atoms with E-state index in [1.54, 1.807) is 0 Å². The van der Waals surface area contributed by atoms with Crippen LogP contribution in [0.5, 0.6) is 0 Å². The first-order valence-corrected chi connectivity index (χ1v) is 9.35. The van der Waals surface area contributed by atoms with Crippen molar-refractivity contribution in [3.8, 4) is 0 Å². The number of aryl methyl sites for hydroxylation is 1. The van der Waals surface area contributed by atoms with Gasteiger partial charge in [-0.1, -0.05) is 63.3 Å². The van der Waals surface area contributed by atoms with E-state index in [2.05, 4.69) is 36.5 Å². The second kappa shape index (κ2) is 10.1. The molecular formula is C20H33NO2. The first kappa shape index (κ1) is 18.4. The molecule has 0 spiro atoms. The smallest absolute Gasteiger partial charge is 0.0590 e. The lowest BCUT2D eigenvalue weighted by Gasteiger charge is -2.17. The van der Waals surface area contributed by atoms with Crippen molar-refractivity contribution in [1.82, 2.24) is 5.32 Å². The highest BCUT2D eigenvalue weighted by atomic mass is 16.3. The Balaban J connectivity index is 1.80. The van der Waals surface area contributed by atoms with Crippen LogP contribution in [0, 0.1) is 0 Å². The van der Waals surface area contributed by atoms with Crippen LogP contribution in [0.15, 0.2) is 24.3 Å². The summed E-state index contributed by atoms with van der Waals surface area (Å²) in [5, 5.41) is 22.2. The zero-order chi connectivity index (χ0) is 16.5. The van der Waals surface area contributed by atoms with Crippen molar-refractivity contribution >= 4 is 0 Å². The Labute approximate surface area is 141 Å². The monoisotopic (exact) mass is 319 g/mol. The molecule has 0 aromatic heterocycles. The highest BCUT2D eigenvalue weighted by Crippen LogP contribution is 2.31. The number of aliphatic hydroxyl groups excluding tert-OH is 2. The van der Waals surface area contributed by atoms with Gasteiger partial charge in [0, 0.05) is 18.0 Å². The van der Waals surface area contributed by atoms with Crippen molar-refractivity contribution in [1.29, 1.82) is 0 Å². The first-order chi connectivity index (χ1) is 11.3. The van der Waals surface area contributed by atoms with E-state index in [-0.39, 0.29) is 25.3 Å². The molecule has 0 radical (unpaired) electrons. The van der Waals surface area contributed by atoms with Crippen LogP contribution in [0.3, 0.4) is 0 Å². The molecule has 3 N–H and O–H groups in total. The quantitative estimate of drug-likeness (QED) is 0.579. The molecule has 1 fully saturated rings. The first-order valence-electron chi connectivity index (χ1n) is 9.35. The Bertz CT molecular complexity index is 432. The molecule has 1 aliphatic heterocycles. The van der Waals surface area contributed by atoms with Crippen molar-refractivity contribution < 1.29 is 10.2 Å². The van der Waals surface area contributed by atoms with E-state index in [0.717, 1.165) is 12.8 Å². The van der Waals surface area contributed by atoms with E-state index in [1.165, 1.54) is 49.7 Å². The SMILES string of the molecule is CCCCCCCCc1ccc([C@H]2C[C@H](CO)N[C@@H]2CO)cc1. The van der Waals surface area contributed by atoms with Crippen LogP contribution in [0.2, 0.25) is 0 Å². The second-order valence-electron chi connectivity index (χ2n) is 6.94. The minimum absolute atomic E-state index is 0.0663. The number of unbranched alkanes of at least 4 members (excludes halogenated alkanes) is 5. The van der Waals surface area contributed by atoms with Gasteiger partial charge in [0.1, 0.15) is 0 Å². The summed E-state index contributed by atoms with van der Waals surface area (Å²) >= 11 is 0. The second-order valence-corrected chi connectivity index (χ2v) is 6.94. The van der Waals surface area contributed by atoms with Crippen molar-refractivity contribution in [2.75, 3.05) is 13.2 Å². The van der Waals surface area contributed by atoms with E-state index in [4.69, 9.17) is 0 Å². The fourth-order valence-electron chi connectivity index (χ4n) is 3.67. The van der Waals surface area contributed by atoms with E-state index >= 15 is 0 Å². The van der Waals surface area contributed by atoms with E-state index in [1.807, 2.05) is 0 Å². The maximum absolute atomic E-state index is 9.53. The fraction of sp³-hybridized carbons (Fsp3) is 0.700. The van der Waals surface area contributed by atoms with Gasteiger partial charge in [-0.25, -0.2) is 0 Å². The largest absolute Gasteiger partial charge is 0.395 e. The molecule has 3 heteroatoms. The van der Waals surface area contributed by atoms with Crippen molar-refractivity contribution in [2.24, 2.45) is 0 Å². The third kappa shape index (κ3) is 5.59. The normalized spacial score (nSPS) is 24.2. The third-order valence-electron chi connectivity index (χ3n) is 5.12. The van der Waals surface area contributed by atoms with Gasteiger partial charge in [-0.2, -0.15) is 0 Å². The number of aliphatic hydroxyl groups is 2. The molecule has 0 amide bonds. The predicted octanol–water partition coefficient (Wildman–Crippen LogP) is 3.39. The molecule has 1 heterocycles. The highest BCUT2D eigenvalue weighted by molar-refractivity contribution is 5.28. The average molecular weight is 319 g/mol. The van der Waals surface area contributed by atoms with E-state index in [9.17, 15) is 10.2 Å². The van der Waals surface area contributed by atoms with Gasteiger partial charge in [0.2, 0.25) is 0 Å². The Hall–Kier alpha value is -0.900. The van der Waals surface area contributed by atoms with Crippen LogP contribution in [-0.4, -0.2) is 35.5 Å². The van der Waals surface area contributed by atoms with Gasteiger partial charge in [0.15, 0.2) is 0 Å². The molecule has 0 unspecified atom stereocenters. The molecule has 0 bridgehead atoms. The zero-order valence-electron chi connectivity index (χ0n) is 14.5. The van der Waals surface area contributed by atoms with Crippen LogP contribution in [-0.2, 0) is 6.42 Å². The summed E-state index contributed by atoms with van der Waals surface area (Å²) in [6.45, 7) is 2.52.